The van der Waals surface area contributed by atoms with Crippen molar-refractivity contribution in [2.75, 3.05) is 34.7 Å². The fourth-order valence-corrected chi connectivity index (χ4v) is 2.19. The average Bonchev–Trinajstić information content (AvgIpc) is 2.46. The molecule has 22 heavy (non-hydrogen) atoms. The molecule has 0 spiro atoms. The maximum absolute atomic E-state index is 4.34. The van der Waals surface area contributed by atoms with Crippen LogP contribution in [-0.2, 0) is 13.1 Å². The second-order valence-corrected chi connectivity index (χ2v) is 5.73. The third-order valence-corrected chi connectivity index (χ3v) is 3.39. The topological polar surface area (TPSA) is 30.9 Å². The summed E-state index contributed by atoms with van der Waals surface area (Å²) in [6.07, 6.45) is 2.39. The summed E-state index contributed by atoms with van der Waals surface area (Å²) in [5.41, 5.74) is 2.62. The van der Waals surface area contributed by atoms with Gasteiger partial charge >= 0.3 is 0 Å². The van der Waals surface area contributed by atoms with Crippen LogP contribution in [0.1, 0.15) is 30.9 Å². The van der Waals surface area contributed by atoms with Crippen LogP contribution in [0.15, 0.2) is 29.3 Å². The van der Waals surface area contributed by atoms with Gasteiger partial charge in [0.2, 0.25) is 0 Å². The van der Waals surface area contributed by atoms with Crippen molar-refractivity contribution < 1.29 is 0 Å². The van der Waals surface area contributed by atoms with E-state index in [9.17, 15) is 0 Å². The molecule has 1 N–H and O–H groups in total. The Morgan fingerprint density at radius 3 is 2.18 bits per heavy atom. The average molecular weight is 418 g/mol. The fourth-order valence-electron chi connectivity index (χ4n) is 2.19. The lowest BCUT2D eigenvalue weighted by Crippen LogP contribution is -2.38. The van der Waals surface area contributed by atoms with Crippen LogP contribution in [0.5, 0.6) is 0 Å². The highest BCUT2D eigenvalue weighted by Gasteiger charge is 2.04. The molecular formula is C17H31IN4. The van der Waals surface area contributed by atoms with Crippen LogP contribution < -0.4 is 5.32 Å². The predicted octanol–water partition coefficient (Wildman–Crippen LogP) is 3.17. The van der Waals surface area contributed by atoms with Gasteiger partial charge in [-0.25, -0.2) is 0 Å². The van der Waals surface area contributed by atoms with Crippen molar-refractivity contribution in [1.29, 1.82) is 0 Å². The van der Waals surface area contributed by atoms with Gasteiger partial charge in [0, 0.05) is 33.7 Å². The molecule has 0 saturated carbocycles. The Morgan fingerprint density at radius 1 is 1.09 bits per heavy atom. The molecule has 0 atom stereocenters. The molecule has 0 aliphatic carbocycles. The van der Waals surface area contributed by atoms with Crippen molar-refractivity contribution >= 4 is 29.9 Å². The summed E-state index contributed by atoms with van der Waals surface area (Å²) in [5, 5.41) is 3.42. The summed E-state index contributed by atoms with van der Waals surface area (Å²) in [6, 6.07) is 8.76. The van der Waals surface area contributed by atoms with Gasteiger partial charge in [0.15, 0.2) is 5.96 Å². The van der Waals surface area contributed by atoms with E-state index >= 15 is 0 Å². The number of hydrogen-bond acceptors (Lipinski definition) is 2. The molecule has 0 saturated heterocycles. The summed E-state index contributed by atoms with van der Waals surface area (Å²) in [5.74, 6) is 0.959. The summed E-state index contributed by atoms with van der Waals surface area (Å²) in [4.78, 5) is 8.70. The minimum absolute atomic E-state index is 0. The van der Waals surface area contributed by atoms with Crippen LogP contribution in [0.2, 0.25) is 0 Å². The summed E-state index contributed by atoms with van der Waals surface area (Å²) < 4.78 is 0. The van der Waals surface area contributed by atoms with Crippen LogP contribution >= 0.6 is 24.0 Å². The van der Waals surface area contributed by atoms with Gasteiger partial charge in [-0.05, 0) is 31.6 Å². The molecule has 126 valence electrons. The molecule has 0 bridgehead atoms. The zero-order valence-corrected chi connectivity index (χ0v) is 16.9. The summed E-state index contributed by atoms with van der Waals surface area (Å²) in [7, 11) is 8.10. The number of nitrogens with one attached hydrogen (secondary N) is 1. The first-order valence-electron chi connectivity index (χ1n) is 7.71. The van der Waals surface area contributed by atoms with Crippen molar-refractivity contribution in [3.05, 3.63) is 35.4 Å². The van der Waals surface area contributed by atoms with Gasteiger partial charge in [-0.1, -0.05) is 37.6 Å². The maximum Gasteiger partial charge on any atom is 0.193 e. The van der Waals surface area contributed by atoms with E-state index in [1.54, 1.807) is 0 Å². The lowest BCUT2D eigenvalue weighted by atomic mass is 10.1. The molecule has 4 nitrogen and oxygen atoms in total. The van der Waals surface area contributed by atoms with E-state index in [0.29, 0.717) is 0 Å². The first kappa shape index (κ1) is 21.2. The molecule has 5 heteroatoms. The zero-order valence-electron chi connectivity index (χ0n) is 14.6. The van der Waals surface area contributed by atoms with Crippen molar-refractivity contribution in [2.24, 2.45) is 4.99 Å². The molecule has 0 amide bonds. The number of benzene rings is 1. The van der Waals surface area contributed by atoms with Crippen LogP contribution in [-0.4, -0.2) is 50.5 Å². The molecular weight excluding hydrogens is 387 g/mol. The molecule has 1 aromatic carbocycles. The van der Waals surface area contributed by atoms with E-state index < -0.39 is 0 Å². The molecule has 0 unspecified atom stereocenters. The van der Waals surface area contributed by atoms with Crippen molar-refractivity contribution in [1.82, 2.24) is 15.1 Å². The lowest BCUT2D eigenvalue weighted by molar-refractivity contribution is 0.402. The molecule has 0 aliphatic rings. The first-order chi connectivity index (χ1) is 10.1. The summed E-state index contributed by atoms with van der Waals surface area (Å²) in [6.45, 7) is 5.04. The third-order valence-electron chi connectivity index (χ3n) is 3.39. The Bertz CT molecular complexity index is 429. The van der Waals surface area contributed by atoms with Gasteiger partial charge in [0.1, 0.15) is 0 Å². The molecule has 0 radical (unpaired) electrons. The Hall–Kier alpha value is -0.820. The second-order valence-electron chi connectivity index (χ2n) is 5.73. The number of guanidine groups is 1. The highest BCUT2D eigenvalue weighted by Crippen LogP contribution is 2.06. The SMILES string of the molecule is CCCCN(C)C(=NC)NCc1ccc(CN(C)C)cc1.I. The van der Waals surface area contributed by atoms with Gasteiger partial charge < -0.3 is 15.1 Å². The standard InChI is InChI=1S/C17H30N4.HI/c1-6-7-12-21(5)17(18-2)19-13-15-8-10-16(11-9-15)14-20(3)4;/h8-11H,6-7,12-14H2,1-5H3,(H,18,19);1H. The number of halogens is 1. The Morgan fingerprint density at radius 2 is 1.68 bits per heavy atom. The number of rotatable bonds is 7. The molecule has 0 fully saturated rings. The van der Waals surface area contributed by atoms with E-state index in [0.717, 1.165) is 25.6 Å². The Labute approximate surface area is 153 Å². The Balaban J connectivity index is 0.00000441. The van der Waals surface area contributed by atoms with Gasteiger partial charge in [-0.15, -0.1) is 24.0 Å². The zero-order chi connectivity index (χ0) is 15.7. The molecule has 0 aromatic heterocycles. The van der Waals surface area contributed by atoms with Crippen LogP contribution in [0.4, 0.5) is 0 Å². The van der Waals surface area contributed by atoms with Crippen molar-refractivity contribution in [3.8, 4) is 0 Å². The van der Waals surface area contributed by atoms with E-state index in [1.165, 1.54) is 24.0 Å². The third kappa shape index (κ3) is 7.98. The smallest absolute Gasteiger partial charge is 0.193 e. The predicted molar refractivity (Wildman–Crippen MR) is 107 cm³/mol. The number of unbranched alkanes of at least 4 members (excludes halogenated alkanes) is 1. The van der Waals surface area contributed by atoms with Crippen LogP contribution in [0, 0.1) is 0 Å². The number of hydrogen-bond donors (Lipinski definition) is 1. The quantitative estimate of drug-likeness (QED) is 0.419. The van der Waals surface area contributed by atoms with E-state index in [-0.39, 0.29) is 24.0 Å². The highest BCUT2D eigenvalue weighted by molar-refractivity contribution is 14.0. The lowest BCUT2D eigenvalue weighted by Gasteiger charge is -2.22. The maximum atomic E-state index is 4.34. The largest absolute Gasteiger partial charge is 0.352 e. The van der Waals surface area contributed by atoms with E-state index in [1.807, 2.05) is 7.05 Å². The van der Waals surface area contributed by atoms with Crippen molar-refractivity contribution in [2.45, 2.75) is 32.9 Å². The van der Waals surface area contributed by atoms with Gasteiger partial charge in [0.25, 0.3) is 0 Å². The van der Waals surface area contributed by atoms with Gasteiger partial charge in [0.05, 0.1) is 0 Å². The minimum Gasteiger partial charge on any atom is -0.352 e. The number of nitrogens with zero attached hydrogens (tertiary/aromatic N) is 3. The normalized spacial score (nSPS) is 11.3. The molecule has 0 aliphatic heterocycles. The van der Waals surface area contributed by atoms with Crippen molar-refractivity contribution in [3.63, 3.8) is 0 Å². The Kier molecular flexibility index (Phi) is 11.3. The molecule has 0 heterocycles. The van der Waals surface area contributed by atoms with Crippen LogP contribution in [0.25, 0.3) is 0 Å². The number of aliphatic imine (C=N–C) groups is 1. The molecule has 1 rings (SSSR count). The first-order valence-corrected chi connectivity index (χ1v) is 7.71. The minimum atomic E-state index is 0. The van der Waals surface area contributed by atoms with Crippen LogP contribution in [0.3, 0.4) is 0 Å². The highest BCUT2D eigenvalue weighted by atomic mass is 127. The van der Waals surface area contributed by atoms with E-state index in [2.05, 4.69) is 72.4 Å². The molecule has 1 aromatic rings. The monoisotopic (exact) mass is 418 g/mol. The van der Waals surface area contributed by atoms with Gasteiger partial charge in [-0.2, -0.15) is 0 Å². The summed E-state index contributed by atoms with van der Waals surface area (Å²) >= 11 is 0. The second kappa shape index (κ2) is 11.7. The van der Waals surface area contributed by atoms with Gasteiger partial charge in [-0.3, -0.25) is 4.99 Å². The van der Waals surface area contributed by atoms with E-state index in [4.69, 9.17) is 0 Å². The fraction of sp³-hybridized carbons (Fsp3) is 0.588.